The normalized spacial score (nSPS) is 10.6. The van der Waals surface area contributed by atoms with Gasteiger partial charge in [0.25, 0.3) is 0 Å². The zero-order chi connectivity index (χ0) is 17.4. The molecule has 2 aromatic carbocycles. The molecular formula is C18H22ClIN4O. The van der Waals surface area contributed by atoms with Gasteiger partial charge in [-0.1, -0.05) is 41.9 Å². The highest BCUT2D eigenvalue weighted by Crippen LogP contribution is 2.11. The number of amides is 1. The first-order valence-corrected chi connectivity index (χ1v) is 7.97. The van der Waals surface area contributed by atoms with Crippen molar-refractivity contribution in [1.82, 2.24) is 10.2 Å². The molecule has 0 unspecified atom stereocenters. The highest BCUT2D eigenvalue weighted by molar-refractivity contribution is 14.0. The Morgan fingerprint density at radius 3 is 2.36 bits per heavy atom. The molecule has 2 N–H and O–H groups in total. The van der Waals surface area contributed by atoms with E-state index in [0.717, 1.165) is 11.3 Å². The Morgan fingerprint density at radius 2 is 1.76 bits per heavy atom. The smallest absolute Gasteiger partial charge is 0.243 e. The van der Waals surface area contributed by atoms with E-state index in [1.807, 2.05) is 66.5 Å². The summed E-state index contributed by atoms with van der Waals surface area (Å²) in [6, 6.07) is 17.0. The lowest BCUT2D eigenvalue weighted by Crippen LogP contribution is -2.42. The third kappa shape index (κ3) is 7.31. The largest absolute Gasteiger partial charge is 0.347 e. The van der Waals surface area contributed by atoms with Gasteiger partial charge in [0.05, 0.1) is 6.54 Å². The van der Waals surface area contributed by atoms with Crippen LogP contribution in [-0.4, -0.2) is 37.4 Å². The van der Waals surface area contributed by atoms with Crippen LogP contribution in [0.25, 0.3) is 0 Å². The van der Waals surface area contributed by atoms with Crippen molar-refractivity contribution in [1.29, 1.82) is 0 Å². The third-order valence-corrected chi connectivity index (χ3v) is 3.62. The molecule has 0 heterocycles. The van der Waals surface area contributed by atoms with Crippen LogP contribution < -0.4 is 10.6 Å². The monoisotopic (exact) mass is 472 g/mol. The number of carbonyl (C=O) groups is 1. The third-order valence-electron chi connectivity index (χ3n) is 3.37. The fourth-order valence-corrected chi connectivity index (χ4v) is 2.34. The lowest BCUT2D eigenvalue weighted by atomic mass is 10.2. The molecule has 0 aliphatic carbocycles. The number of benzene rings is 2. The summed E-state index contributed by atoms with van der Waals surface area (Å²) in [4.78, 5) is 18.1. The number of rotatable bonds is 5. The van der Waals surface area contributed by atoms with Gasteiger partial charge in [-0.3, -0.25) is 9.79 Å². The van der Waals surface area contributed by atoms with Crippen molar-refractivity contribution in [3.8, 4) is 0 Å². The lowest BCUT2D eigenvalue weighted by molar-refractivity contribution is -0.115. The van der Waals surface area contributed by atoms with Crippen LogP contribution >= 0.6 is 35.6 Å². The van der Waals surface area contributed by atoms with Crippen LogP contribution in [0.3, 0.4) is 0 Å². The van der Waals surface area contributed by atoms with E-state index < -0.39 is 0 Å². The van der Waals surface area contributed by atoms with Crippen LogP contribution in [0, 0.1) is 0 Å². The van der Waals surface area contributed by atoms with Crippen LogP contribution in [0.4, 0.5) is 5.69 Å². The second-order valence-electron chi connectivity index (χ2n) is 5.30. The average Bonchev–Trinajstić information content (AvgIpc) is 2.58. The number of anilines is 1. The highest BCUT2D eigenvalue weighted by Gasteiger charge is 2.09. The molecule has 0 fully saturated rings. The number of halogens is 2. The zero-order valence-corrected chi connectivity index (χ0v) is 17.3. The summed E-state index contributed by atoms with van der Waals surface area (Å²) < 4.78 is 0. The van der Waals surface area contributed by atoms with Crippen molar-refractivity contribution in [2.24, 2.45) is 4.99 Å². The molecule has 25 heavy (non-hydrogen) atoms. The summed E-state index contributed by atoms with van der Waals surface area (Å²) in [6.45, 7) is 0.809. The fourth-order valence-electron chi connectivity index (χ4n) is 2.21. The summed E-state index contributed by atoms with van der Waals surface area (Å²) in [6.07, 6.45) is 0. The lowest BCUT2D eigenvalue weighted by Gasteiger charge is -2.22. The summed E-state index contributed by atoms with van der Waals surface area (Å²) in [5, 5.41) is 6.59. The standard InChI is InChI=1S/C18H21ClN4O.HI/c1-20-18(23(2)13-14-8-10-15(19)11-9-14)21-12-17(24)22-16-6-4-3-5-7-16;/h3-11H,12-13H2,1-2H3,(H,20,21)(H,22,24);1H. The maximum Gasteiger partial charge on any atom is 0.243 e. The average molecular weight is 473 g/mol. The Balaban J connectivity index is 0.00000312. The van der Waals surface area contributed by atoms with E-state index in [9.17, 15) is 4.79 Å². The first-order chi connectivity index (χ1) is 11.6. The molecule has 5 nitrogen and oxygen atoms in total. The number of nitrogens with one attached hydrogen (secondary N) is 2. The van der Waals surface area contributed by atoms with Gasteiger partial charge in [-0.2, -0.15) is 0 Å². The van der Waals surface area contributed by atoms with Gasteiger partial charge in [-0.15, -0.1) is 24.0 Å². The van der Waals surface area contributed by atoms with Crippen LogP contribution in [0.1, 0.15) is 5.56 Å². The molecule has 0 radical (unpaired) electrons. The van der Waals surface area contributed by atoms with Crippen molar-refractivity contribution in [3.05, 3.63) is 65.2 Å². The van der Waals surface area contributed by atoms with E-state index in [0.29, 0.717) is 17.5 Å². The molecule has 0 saturated carbocycles. The Morgan fingerprint density at radius 1 is 1.12 bits per heavy atom. The van der Waals surface area contributed by atoms with Gasteiger partial charge in [0, 0.05) is 31.4 Å². The van der Waals surface area contributed by atoms with Crippen molar-refractivity contribution >= 4 is 53.1 Å². The summed E-state index contributed by atoms with van der Waals surface area (Å²) in [5.41, 5.74) is 1.88. The van der Waals surface area contributed by atoms with Gasteiger partial charge in [0.1, 0.15) is 0 Å². The van der Waals surface area contributed by atoms with E-state index in [1.165, 1.54) is 0 Å². The van der Waals surface area contributed by atoms with E-state index >= 15 is 0 Å². The molecule has 7 heteroatoms. The Labute approximate surface area is 170 Å². The molecule has 0 bridgehead atoms. The van der Waals surface area contributed by atoms with Crippen LogP contribution in [0.15, 0.2) is 59.6 Å². The van der Waals surface area contributed by atoms with Crippen molar-refractivity contribution in [2.45, 2.75) is 6.54 Å². The van der Waals surface area contributed by atoms with Crippen molar-refractivity contribution in [2.75, 3.05) is 26.0 Å². The van der Waals surface area contributed by atoms with Gasteiger partial charge < -0.3 is 15.5 Å². The minimum absolute atomic E-state index is 0. The predicted octanol–water partition coefficient (Wildman–Crippen LogP) is 3.60. The summed E-state index contributed by atoms with van der Waals surface area (Å²) in [5.74, 6) is 0.524. The summed E-state index contributed by atoms with van der Waals surface area (Å²) in [7, 11) is 3.61. The minimum atomic E-state index is -0.123. The first kappa shape index (κ1) is 21.2. The second kappa shape index (κ2) is 10.9. The number of carbonyl (C=O) groups excluding carboxylic acids is 1. The Kier molecular flexibility index (Phi) is 9.30. The molecule has 0 aromatic heterocycles. The molecule has 0 spiro atoms. The van der Waals surface area contributed by atoms with E-state index in [1.54, 1.807) is 7.05 Å². The van der Waals surface area contributed by atoms with Gasteiger partial charge >= 0.3 is 0 Å². The van der Waals surface area contributed by atoms with Crippen LogP contribution in [0.5, 0.6) is 0 Å². The number of aliphatic imine (C=N–C) groups is 1. The van der Waals surface area contributed by atoms with Gasteiger partial charge in [0.15, 0.2) is 5.96 Å². The molecule has 0 aliphatic rings. The molecule has 1 amide bonds. The molecular weight excluding hydrogens is 451 g/mol. The number of guanidine groups is 1. The zero-order valence-electron chi connectivity index (χ0n) is 14.2. The minimum Gasteiger partial charge on any atom is -0.347 e. The summed E-state index contributed by atoms with van der Waals surface area (Å²) >= 11 is 5.89. The van der Waals surface area contributed by atoms with E-state index in [2.05, 4.69) is 15.6 Å². The van der Waals surface area contributed by atoms with E-state index in [4.69, 9.17) is 11.6 Å². The molecule has 0 saturated heterocycles. The van der Waals surface area contributed by atoms with Gasteiger partial charge in [-0.25, -0.2) is 0 Å². The van der Waals surface area contributed by atoms with Crippen LogP contribution in [-0.2, 0) is 11.3 Å². The molecule has 0 aliphatic heterocycles. The highest BCUT2D eigenvalue weighted by atomic mass is 127. The maximum atomic E-state index is 12.0. The Bertz CT molecular complexity index is 692. The maximum absolute atomic E-state index is 12.0. The van der Waals surface area contributed by atoms with Crippen molar-refractivity contribution < 1.29 is 4.79 Å². The molecule has 0 atom stereocenters. The van der Waals surface area contributed by atoms with Gasteiger partial charge in [-0.05, 0) is 29.8 Å². The number of para-hydroxylation sites is 1. The molecule has 2 aromatic rings. The number of nitrogens with zero attached hydrogens (tertiary/aromatic N) is 2. The number of hydrogen-bond acceptors (Lipinski definition) is 2. The molecule has 134 valence electrons. The Hall–Kier alpha value is -1.80. The van der Waals surface area contributed by atoms with E-state index in [-0.39, 0.29) is 36.4 Å². The topological polar surface area (TPSA) is 56.7 Å². The SMILES string of the molecule is CN=C(NCC(=O)Nc1ccccc1)N(C)Cc1ccc(Cl)cc1.I. The second-order valence-corrected chi connectivity index (χ2v) is 5.73. The fraction of sp³-hybridized carbons (Fsp3) is 0.222. The molecule has 2 rings (SSSR count). The van der Waals surface area contributed by atoms with Gasteiger partial charge in [0.2, 0.25) is 5.91 Å². The quantitative estimate of drug-likeness (QED) is 0.397. The first-order valence-electron chi connectivity index (χ1n) is 7.59. The predicted molar refractivity (Wildman–Crippen MR) is 115 cm³/mol. The van der Waals surface area contributed by atoms with Crippen molar-refractivity contribution in [3.63, 3.8) is 0 Å². The van der Waals surface area contributed by atoms with Crippen LogP contribution in [0.2, 0.25) is 5.02 Å². The number of hydrogen-bond donors (Lipinski definition) is 2.